The predicted octanol–water partition coefficient (Wildman–Crippen LogP) is 1.45. The molecule has 13 heavy (non-hydrogen) atoms. The SMILES string of the molecule is CC(C)(C)N1CC2CC(N)CC2C1. The second-order valence-electron chi connectivity index (χ2n) is 5.83. The maximum absolute atomic E-state index is 5.96. The van der Waals surface area contributed by atoms with Crippen molar-refractivity contribution in [3.05, 3.63) is 0 Å². The maximum Gasteiger partial charge on any atom is 0.0125 e. The minimum atomic E-state index is 0.356. The van der Waals surface area contributed by atoms with Crippen LogP contribution in [0.1, 0.15) is 33.6 Å². The second kappa shape index (κ2) is 2.96. The summed E-state index contributed by atoms with van der Waals surface area (Å²) in [6, 6.07) is 0.497. The monoisotopic (exact) mass is 182 g/mol. The van der Waals surface area contributed by atoms with E-state index in [9.17, 15) is 0 Å². The molecule has 2 fully saturated rings. The van der Waals surface area contributed by atoms with Gasteiger partial charge in [-0.3, -0.25) is 4.90 Å². The summed E-state index contributed by atoms with van der Waals surface area (Å²) < 4.78 is 0. The van der Waals surface area contributed by atoms with Gasteiger partial charge in [0.1, 0.15) is 0 Å². The molecular weight excluding hydrogens is 160 g/mol. The van der Waals surface area contributed by atoms with E-state index in [1.807, 2.05) is 0 Å². The Kier molecular flexibility index (Phi) is 2.16. The van der Waals surface area contributed by atoms with Crippen molar-refractivity contribution in [2.45, 2.75) is 45.2 Å². The van der Waals surface area contributed by atoms with Gasteiger partial charge < -0.3 is 5.73 Å². The van der Waals surface area contributed by atoms with Crippen LogP contribution in [0.3, 0.4) is 0 Å². The Hall–Kier alpha value is -0.0800. The number of hydrogen-bond donors (Lipinski definition) is 1. The number of rotatable bonds is 0. The topological polar surface area (TPSA) is 29.3 Å². The van der Waals surface area contributed by atoms with Crippen LogP contribution in [-0.2, 0) is 0 Å². The van der Waals surface area contributed by atoms with E-state index in [2.05, 4.69) is 25.7 Å². The molecule has 2 atom stereocenters. The molecule has 0 bridgehead atoms. The highest BCUT2D eigenvalue weighted by Gasteiger charge is 2.42. The van der Waals surface area contributed by atoms with Gasteiger partial charge in [-0.2, -0.15) is 0 Å². The third kappa shape index (κ3) is 1.75. The summed E-state index contributed by atoms with van der Waals surface area (Å²) in [7, 11) is 0. The van der Waals surface area contributed by atoms with Crippen LogP contribution in [0.5, 0.6) is 0 Å². The fraction of sp³-hybridized carbons (Fsp3) is 1.00. The molecule has 2 rings (SSSR count). The number of fused-ring (bicyclic) bond motifs is 1. The number of nitrogens with zero attached hydrogens (tertiary/aromatic N) is 1. The molecular formula is C11H22N2. The molecule has 1 saturated carbocycles. The van der Waals surface area contributed by atoms with Gasteiger partial charge in [0.05, 0.1) is 0 Å². The van der Waals surface area contributed by atoms with Crippen LogP contribution in [-0.4, -0.2) is 29.6 Å². The maximum atomic E-state index is 5.96. The first kappa shape index (κ1) is 9.47. The molecule has 1 aliphatic carbocycles. The van der Waals surface area contributed by atoms with E-state index >= 15 is 0 Å². The average molecular weight is 182 g/mol. The highest BCUT2D eigenvalue weighted by atomic mass is 15.2. The van der Waals surface area contributed by atoms with E-state index in [1.54, 1.807) is 0 Å². The van der Waals surface area contributed by atoms with Gasteiger partial charge >= 0.3 is 0 Å². The normalized spacial score (nSPS) is 41.1. The summed E-state index contributed by atoms with van der Waals surface area (Å²) in [5, 5.41) is 0. The van der Waals surface area contributed by atoms with Crippen LogP contribution in [0.25, 0.3) is 0 Å². The average Bonchev–Trinajstić information content (AvgIpc) is 2.40. The lowest BCUT2D eigenvalue weighted by molar-refractivity contribution is 0.159. The Morgan fingerprint density at radius 1 is 1.08 bits per heavy atom. The first-order valence-electron chi connectivity index (χ1n) is 5.47. The molecule has 0 spiro atoms. The minimum absolute atomic E-state index is 0.356. The highest BCUT2D eigenvalue weighted by Crippen LogP contribution is 2.39. The van der Waals surface area contributed by atoms with Crippen LogP contribution in [0.2, 0.25) is 0 Å². The molecule has 0 radical (unpaired) electrons. The van der Waals surface area contributed by atoms with Crippen molar-refractivity contribution in [2.24, 2.45) is 17.6 Å². The van der Waals surface area contributed by atoms with Crippen LogP contribution in [0.15, 0.2) is 0 Å². The molecule has 0 aromatic rings. The predicted molar refractivity (Wildman–Crippen MR) is 55.5 cm³/mol. The molecule has 1 aliphatic heterocycles. The van der Waals surface area contributed by atoms with E-state index in [0.717, 1.165) is 11.8 Å². The summed E-state index contributed by atoms with van der Waals surface area (Å²) in [6.07, 6.45) is 2.52. The van der Waals surface area contributed by atoms with Crippen molar-refractivity contribution >= 4 is 0 Å². The Morgan fingerprint density at radius 3 is 1.92 bits per heavy atom. The Labute approximate surface area is 81.5 Å². The lowest BCUT2D eigenvalue weighted by Gasteiger charge is -2.32. The molecule has 0 aromatic carbocycles. The zero-order valence-electron chi connectivity index (χ0n) is 9.09. The fourth-order valence-corrected chi connectivity index (χ4v) is 2.89. The summed E-state index contributed by atoms with van der Waals surface area (Å²) in [5.74, 6) is 1.79. The molecule has 0 amide bonds. The van der Waals surface area contributed by atoms with Crippen LogP contribution >= 0.6 is 0 Å². The van der Waals surface area contributed by atoms with Gasteiger partial charge in [-0.05, 0) is 45.4 Å². The molecule has 1 heterocycles. The summed E-state index contributed by atoms with van der Waals surface area (Å²) in [4.78, 5) is 2.62. The number of hydrogen-bond acceptors (Lipinski definition) is 2. The third-order valence-corrected chi connectivity index (χ3v) is 3.74. The molecule has 76 valence electrons. The van der Waals surface area contributed by atoms with Crippen LogP contribution < -0.4 is 5.73 Å². The zero-order valence-corrected chi connectivity index (χ0v) is 9.09. The van der Waals surface area contributed by atoms with Crippen molar-refractivity contribution in [1.29, 1.82) is 0 Å². The lowest BCUT2D eigenvalue weighted by atomic mass is 10.0. The Morgan fingerprint density at radius 2 is 1.54 bits per heavy atom. The van der Waals surface area contributed by atoms with E-state index < -0.39 is 0 Å². The van der Waals surface area contributed by atoms with Crippen molar-refractivity contribution in [3.8, 4) is 0 Å². The first-order valence-corrected chi connectivity index (χ1v) is 5.47. The molecule has 2 N–H and O–H groups in total. The zero-order chi connectivity index (χ0) is 9.64. The standard InChI is InChI=1S/C11H22N2/c1-11(2,3)13-6-8-4-10(12)5-9(8)7-13/h8-10H,4-7,12H2,1-3H3. The number of likely N-dealkylation sites (tertiary alicyclic amines) is 1. The van der Waals surface area contributed by atoms with E-state index in [4.69, 9.17) is 5.73 Å². The van der Waals surface area contributed by atoms with Gasteiger partial charge in [0.15, 0.2) is 0 Å². The van der Waals surface area contributed by atoms with Crippen LogP contribution in [0.4, 0.5) is 0 Å². The summed E-state index contributed by atoms with van der Waals surface area (Å²) in [5.41, 5.74) is 6.32. The van der Waals surface area contributed by atoms with Gasteiger partial charge in [-0.1, -0.05) is 0 Å². The van der Waals surface area contributed by atoms with Gasteiger partial charge in [0, 0.05) is 24.7 Å². The molecule has 2 heteroatoms. The Balaban J connectivity index is 1.98. The molecule has 2 aliphatic rings. The van der Waals surface area contributed by atoms with E-state index in [-0.39, 0.29) is 0 Å². The van der Waals surface area contributed by atoms with E-state index in [0.29, 0.717) is 11.6 Å². The second-order valence-corrected chi connectivity index (χ2v) is 5.83. The van der Waals surface area contributed by atoms with Crippen molar-refractivity contribution in [2.75, 3.05) is 13.1 Å². The van der Waals surface area contributed by atoms with Crippen molar-refractivity contribution in [3.63, 3.8) is 0 Å². The van der Waals surface area contributed by atoms with Crippen molar-refractivity contribution < 1.29 is 0 Å². The molecule has 2 nitrogen and oxygen atoms in total. The molecule has 0 aromatic heterocycles. The van der Waals surface area contributed by atoms with Crippen molar-refractivity contribution in [1.82, 2.24) is 4.90 Å². The minimum Gasteiger partial charge on any atom is -0.328 e. The fourth-order valence-electron chi connectivity index (χ4n) is 2.89. The Bertz CT molecular complexity index is 181. The molecule has 2 unspecified atom stereocenters. The summed E-state index contributed by atoms with van der Waals surface area (Å²) in [6.45, 7) is 9.50. The third-order valence-electron chi connectivity index (χ3n) is 3.74. The highest BCUT2D eigenvalue weighted by molar-refractivity contribution is 4.96. The smallest absolute Gasteiger partial charge is 0.0125 e. The van der Waals surface area contributed by atoms with Gasteiger partial charge in [0.2, 0.25) is 0 Å². The largest absolute Gasteiger partial charge is 0.328 e. The first-order chi connectivity index (χ1) is 5.97. The van der Waals surface area contributed by atoms with E-state index in [1.165, 1.54) is 25.9 Å². The number of nitrogens with two attached hydrogens (primary N) is 1. The van der Waals surface area contributed by atoms with Gasteiger partial charge in [0.25, 0.3) is 0 Å². The van der Waals surface area contributed by atoms with Gasteiger partial charge in [-0.15, -0.1) is 0 Å². The summed E-state index contributed by atoms with van der Waals surface area (Å²) >= 11 is 0. The molecule has 1 saturated heterocycles. The van der Waals surface area contributed by atoms with Crippen LogP contribution in [0, 0.1) is 11.8 Å². The van der Waals surface area contributed by atoms with Gasteiger partial charge in [-0.25, -0.2) is 0 Å². The lowest BCUT2D eigenvalue weighted by Crippen LogP contribution is -2.40. The quantitative estimate of drug-likeness (QED) is 0.614.